The van der Waals surface area contributed by atoms with Crippen molar-refractivity contribution >= 4 is 17.0 Å². The van der Waals surface area contributed by atoms with Crippen LogP contribution in [0.2, 0.25) is 0 Å². The topological polar surface area (TPSA) is 86.5 Å². The summed E-state index contributed by atoms with van der Waals surface area (Å²) in [6.45, 7) is 3.27. The van der Waals surface area contributed by atoms with Gasteiger partial charge < -0.3 is 19.1 Å². The quantitative estimate of drug-likeness (QED) is 0.403. The molecule has 2 aromatic carbocycles. The van der Waals surface area contributed by atoms with E-state index in [0.29, 0.717) is 59.3 Å². The number of benzene rings is 2. The van der Waals surface area contributed by atoms with Crippen LogP contribution in [0.1, 0.15) is 28.7 Å². The van der Waals surface area contributed by atoms with Crippen molar-refractivity contribution in [2.24, 2.45) is 0 Å². The molecule has 0 fully saturated rings. The molecule has 0 atom stereocenters. The van der Waals surface area contributed by atoms with Crippen LogP contribution < -0.4 is 4.74 Å². The van der Waals surface area contributed by atoms with Gasteiger partial charge in [0, 0.05) is 31.7 Å². The number of pyridine rings is 1. The molecule has 4 aromatic rings. The molecule has 4 rings (SSSR count). The van der Waals surface area contributed by atoms with Crippen molar-refractivity contribution in [2.75, 3.05) is 20.3 Å². The van der Waals surface area contributed by atoms with E-state index >= 15 is 4.39 Å². The van der Waals surface area contributed by atoms with E-state index in [-0.39, 0.29) is 17.8 Å². The Morgan fingerprint density at radius 2 is 1.97 bits per heavy atom. The van der Waals surface area contributed by atoms with Gasteiger partial charge in [-0.1, -0.05) is 18.2 Å². The lowest BCUT2D eigenvalue weighted by Crippen LogP contribution is -2.10. The molecule has 0 bridgehead atoms. The third kappa shape index (κ3) is 4.85. The molecular weight excluding hydrogens is 425 g/mol. The van der Waals surface area contributed by atoms with Gasteiger partial charge >= 0.3 is 5.97 Å². The summed E-state index contributed by atoms with van der Waals surface area (Å²) in [6.07, 6.45) is 0.249. The Morgan fingerprint density at radius 3 is 2.70 bits per heavy atom. The van der Waals surface area contributed by atoms with Crippen LogP contribution in [0.25, 0.3) is 22.3 Å². The fourth-order valence-electron chi connectivity index (χ4n) is 3.70. The molecule has 2 heterocycles. The van der Waals surface area contributed by atoms with E-state index in [4.69, 9.17) is 9.47 Å². The number of fused-ring (bicyclic) bond motifs is 1. The summed E-state index contributed by atoms with van der Waals surface area (Å²) in [6, 6.07) is 15.2. The van der Waals surface area contributed by atoms with E-state index in [1.165, 1.54) is 12.1 Å². The van der Waals surface area contributed by atoms with Crippen LogP contribution in [-0.4, -0.2) is 45.9 Å². The van der Waals surface area contributed by atoms with Crippen molar-refractivity contribution < 1.29 is 23.8 Å². The Kier molecular flexibility index (Phi) is 6.65. The van der Waals surface area contributed by atoms with E-state index < -0.39 is 5.97 Å². The maximum absolute atomic E-state index is 15.1. The summed E-state index contributed by atoms with van der Waals surface area (Å²) in [5.74, 6) is -0.256. The number of aromatic carboxylic acids is 1. The van der Waals surface area contributed by atoms with E-state index in [0.717, 1.165) is 0 Å². The predicted molar refractivity (Wildman–Crippen MR) is 122 cm³/mol. The molecule has 7 nitrogen and oxygen atoms in total. The Hall–Kier alpha value is -3.78. The maximum Gasteiger partial charge on any atom is 0.335 e. The molecule has 0 unspecified atom stereocenters. The van der Waals surface area contributed by atoms with Crippen molar-refractivity contribution in [1.82, 2.24) is 14.5 Å². The molecule has 0 saturated heterocycles. The van der Waals surface area contributed by atoms with Gasteiger partial charge in [-0.25, -0.2) is 19.2 Å². The second-order valence-corrected chi connectivity index (χ2v) is 7.46. The summed E-state index contributed by atoms with van der Waals surface area (Å²) < 4.78 is 27.6. The number of carboxylic acid groups (broad SMARTS) is 1. The minimum atomic E-state index is -1.01. The Bertz CT molecular complexity index is 1300. The predicted octanol–water partition coefficient (Wildman–Crippen LogP) is 4.57. The summed E-state index contributed by atoms with van der Waals surface area (Å²) >= 11 is 0. The molecule has 33 heavy (non-hydrogen) atoms. The summed E-state index contributed by atoms with van der Waals surface area (Å²) in [7, 11) is 1.59. The van der Waals surface area contributed by atoms with Crippen molar-refractivity contribution in [1.29, 1.82) is 0 Å². The van der Waals surface area contributed by atoms with Crippen molar-refractivity contribution in [2.45, 2.75) is 19.9 Å². The standard InChI is InChI=1S/C25H24FN3O4/c1-3-33-24-6-4-5-20(28-24)17-8-7-16(19(26)13-17)15-23-27-21-10-9-18(25(30)31)14-22(21)29(23)11-12-32-2/h4-10,13-14H,3,11-12,15H2,1-2H3,(H,30,31). The zero-order chi connectivity index (χ0) is 23.4. The maximum atomic E-state index is 15.1. The lowest BCUT2D eigenvalue weighted by atomic mass is 10.1. The van der Waals surface area contributed by atoms with Crippen LogP contribution in [-0.2, 0) is 17.7 Å². The third-order valence-corrected chi connectivity index (χ3v) is 5.31. The largest absolute Gasteiger partial charge is 0.478 e. The molecule has 0 radical (unpaired) electrons. The van der Waals surface area contributed by atoms with E-state index in [2.05, 4.69) is 9.97 Å². The number of nitrogens with zero attached hydrogens (tertiary/aromatic N) is 3. The molecule has 8 heteroatoms. The van der Waals surface area contributed by atoms with Crippen LogP contribution >= 0.6 is 0 Å². The van der Waals surface area contributed by atoms with Crippen LogP contribution in [0, 0.1) is 5.82 Å². The molecule has 0 spiro atoms. The van der Waals surface area contributed by atoms with Gasteiger partial charge in [0.15, 0.2) is 0 Å². The normalized spacial score (nSPS) is 11.1. The van der Waals surface area contributed by atoms with Gasteiger partial charge in [-0.3, -0.25) is 0 Å². The van der Waals surface area contributed by atoms with Crippen LogP contribution in [0.4, 0.5) is 4.39 Å². The number of carboxylic acids is 1. The first-order valence-electron chi connectivity index (χ1n) is 10.6. The number of ether oxygens (including phenoxy) is 2. The molecule has 0 aliphatic carbocycles. The number of rotatable bonds is 9. The molecule has 170 valence electrons. The number of hydrogen-bond acceptors (Lipinski definition) is 5. The summed E-state index contributed by atoms with van der Waals surface area (Å²) in [5, 5.41) is 9.34. The Balaban J connectivity index is 1.67. The highest BCUT2D eigenvalue weighted by atomic mass is 19.1. The van der Waals surface area contributed by atoms with E-state index in [1.807, 2.05) is 23.6 Å². The molecule has 0 saturated carbocycles. The van der Waals surface area contributed by atoms with Crippen LogP contribution in [0.15, 0.2) is 54.6 Å². The first-order chi connectivity index (χ1) is 16.0. The number of halogens is 1. The highest BCUT2D eigenvalue weighted by Gasteiger charge is 2.16. The summed E-state index contributed by atoms with van der Waals surface area (Å²) in [4.78, 5) is 20.5. The van der Waals surface area contributed by atoms with Crippen LogP contribution in [0.3, 0.4) is 0 Å². The van der Waals surface area contributed by atoms with Gasteiger partial charge in [0.05, 0.1) is 35.5 Å². The monoisotopic (exact) mass is 449 g/mol. The lowest BCUT2D eigenvalue weighted by molar-refractivity contribution is 0.0697. The number of carbonyl (C=O) groups is 1. The Labute approximate surface area is 190 Å². The van der Waals surface area contributed by atoms with Gasteiger partial charge in [0.25, 0.3) is 0 Å². The molecular formula is C25H24FN3O4. The number of methoxy groups -OCH3 is 1. The first-order valence-corrected chi connectivity index (χ1v) is 10.6. The molecule has 0 aliphatic heterocycles. The Morgan fingerprint density at radius 1 is 1.12 bits per heavy atom. The van der Waals surface area contributed by atoms with Gasteiger partial charge in [-0.15, -0.1) is 0 Å². The van der Waals surface area contributed by atoms with E-state index in [9.17, 15) is 9.90 Å². The minimum absolute atomic E-state index is 0.171. The van der Waals surface area contributed by atoms with Gasteiger partial charge in [-0.05, 0) is 42.8 Å². The number of hydrogen-bond donors (Lipinski definition) is 1. The van der Waals surface area contributed by atoms with Crippen molar-refractivity contribution in [3.05, 3.63) is 77.4 Å². The minimum Gasteiger partial charge on any atom is -0.478 e. The molecule has 0 aliphatic rings. The number of imidazole rings is 1. The summed E-state index contributed by atoms with van der Waals surface area (Å²) in [5.41, 5.74) is 3.25. The highest BCUT2D eigenvalue weighted by Crippen LogP contribution is 2.25. The number of aromatic nitrogens is 3. The van der Waals surface area contributed by atoms with E-state index in [1.54, 1.807) is 37.4 Å². The SMILES string of the molecule is CCOc1cccc(-c2ccc(Cc3nc4ccc(C(=O)O)cc4n3CCOC)c(F)c2)n1. The molecule has 0 amide bonds. The second kappa shape index (κ2) is 9.79. The smallest absolute Gasteiger partial charge is 0.335 e. The first kappa shape index (κ1) is 22.4. The van der Waals surface area contributed by atoms with Gasteiger partial charge in [0.2, 0.25) is 5.88 Å². The fraction of sp³-hybridized carbons (Fsp3) is 0.240. The van der Waals surface area contributed by atoms with Crippen LogP contribution in [0.5, 0.6) is 5.88 Å². The van der Waals surface area contributed by atoms with Gasteiger partial charge in [0.1, 0.15) is 11.6 Å². The second-order valence-electron chi connectivity index (χ2n) is 7.46. The molecule has 1 N–H and O–H groups in total. The third-order valence-electron chi connectivity index (χ3n) is 5.31. The zero-order valence-corrected chi connectivity index (χ0v) is 18.4. The van der Waals surface area contributed by atoms with Crippen molar-refractivity contribution in [3.63, 3.8) is 0 Å². The molecule has 2 aromatic heterocycles. The van der Waals surface area contributed by atoms with Crippen molar-refractivity contribution in [3.8, 4) is 17.1 Å². The lowest BCUT2D eigenvalue weighted by Gasteiger charge is -2.11. The average molecular weight is 449 g/mol. The highest BCUT2D eigenvalue weighted by molar-refractivity contribution is 5.92. The van der Waals surface area contributed by atoms with Gasteiger partial charge in [-0.2, -0.15) is 0 Å². The fourth-order valence-corrected chi connectivity index (χ4v) is 3.70. The zero-order valence-electron chi connectivity index (χ0n) is 18.4. The average Bonchev–Trinajstić information content (AvgIpc) is 3.15.